The maximum Gasteiger partial charge on any atom is 0.309 e. The van der Waals surface area contributed by atoms with Crippen LogP contribution < -0.4 is 0 Å². The summed E-state index contributed by atoms with van der Waals surface area (Å²) in [7, 11) is 0. The van der Waals surface area contributed by atoms with Crippen molar-refractivity contribution in [2.24, 2.45) is 5.92 Å². The fourth-order valence-electron chi connectivity index (χ4n) is 3.42. The second kappa shape index (κ2) is 5.49. The number of imidazole rings is 1. The maximum atomic E-state index is 11.4. The van der Waals surface area contributed by atoms with Gasteiger partial charge in [-0.2, -0.15) is 0 Å². The van der Waals surface area contributed by atoms with Crippen molar-refractivity contribution < 1.29 is 9.90 Å². The zero-order valence-corrected chi connectivity index (χ0v) is 13.8. The predicted octanol–water partition coefficient (Wildman–Crippen LogP) is 3.81. The molecule has 1 aromatic carbocycles. The van der Waals surface area contributed by atoms with Crippen LogP contribution in [0.25, 0.3) is 16.2 Å². The van der Waals surface area contributed by atoms with Crippen LogP contribution in [-0.4, -0.2) is 20.5 Å². The van der Waals surface area contributed by atoms with Gasteiger partial charge in [0.05, 0.1) is 17.8 Å². The summed E-state index contributed by atoms with van der Waals surface area (Å²) < 4.78 is 2.11. The van der Waals surface area contributed by atoms with Crippen LogP contribution in [0.5, 0.6) is 0 Å². The quantitative estimate of drug-likeness (QED) is 0.796. The van der Waals surface area contributed by atoms with Gasteiger partial charge in [0.1, 0.15) is 0 Å². The van der Waals surface area contributed by atoms with Crippen molar-refractivity contribution in [3.05, 3.63) is 46.6 Å². The fraction of sp³-hybridized carbons (Fsp3) is 0.333. The van der Waals surface area contributed by atoms with Gasteiger partial charge in [0.2, 0.25) is 0 Å². The Kier molecular flexibility index (Phi) is 3.45. The molecule has 2 heterocycles. The first-order valence-corrected chi connectivity index (χ1v) is 8.74. The van der Waals surface area contributed by atoms with E-state index in [2.05, 4.69) is 11.3 Å². The van der Waals surface area contributed by atoms with Crippen LogP contribution >= 0.6 is 11.3 Å². The molecule has 1 unspecified atom stereocenters. The summed E-state index contributed by atoms with van der Waals surface area (Å²) in [6.07, 6.45) is 3.25. The van der Waals surface area contributed by atoms with Gasteiger partial charge in [0.15, 0.2) is 4.96 Å². The molecule has 4 rings (SSSR count). The van der Waals surface area contributed by atoms with E-state index in [9.17, 15) is 9.90 Å². The van der Waals surface area contributed by atoms with Crippen LogP contribution in [-0.2, 0) is 24.1 Å². The molecule has 118 valence electrons. The molecule has 2 aromatic heterocycles. The average molecular weight is 326 g/mol. The van der Waals surface area contributed by atoms with Crippen LogP contribution in [0.4, 0.5) is 0 Å². The second-order valence-electron chi connectivity index (χ2n) is 6.28. The van der Waals surface area contributed by atoms with Crippen LogP contribution in [0, 0.1) is 5.92 Å². The molecule has 1 aliphatic rings. The Morgan fingerprint density at radius 3 is 2.91 bits per heavy atom. The number of rotatable bonds is 3. The number of hydrogen-bond donors (Lipinski definition) is 1. The van der Waals surface area contributed by atoms with Gasteiger partial charge in [-0.15, -0.1) is 11.3 Å². The summed E-state index contributed by atoms with van der Waals surface area (Å²) in [6.45, 7) is 2.28. The van der Waals surface area contributed by atoms with E-state index in [1.807, 2.05) is 30.3 Å². The molecule has 0 saturated heterocycles. The molecule has 0 spiro atoms. The molecule has 3 aromatic rings. The smallest absolute Gasteiger partial charge is 0.309 e. The van der Waals surface area contributed by atoms with Gasteiger partial charge >= 0.3 is 5.97 Å². The molecule has 1 aliphatic carbocycles. The van der Waals surface area contributed by atoms with Gasteiger partial charge < -0.3 is 5.11 Å². The SMILES string of the molecule is CC1CCc2c(sc3nc(-c4ccccc4)c(CC(=O)O)n23)C1. The predicted molar refractivity (Wildman–Crippen MR) is 91.0 cm³/mol. The van der Waals surface area contributed by atoms with Crippen molar-refractivity contribution in [3.8, 4) is 11.3 Å². The van der Waals surface area contributed by atoms with Gasteiger partial charge in [0.25, 0.3) is 0 Å². The minimum absolute atomic E-state index is 0.00409. The second-order valence-corrected chi connectivity index (χ2v) is 7.34. The van der Waals surface area contributed by atoms with Crippen molar-refractivity contribution in [3.63, 3.8) is 0 Å². The molecule has 0 amide bonds. The van der Waals surface area contributed by atoms with E-state index in [-0.39, 0.29) is 6.42 Å². The van der Waals surface area contributed by atoms with Crippen LogP contribution in [0.15, 0.2) is 30.3 Å². The molecule has 0 saturated carbocycles. The van der Waals surface area contributed by atoms with Crippen molar-refractivity contribution in [1.29, 1.82) is 0 Å². The molecule has 1 N–H and O–H groups in total. The van der Waals surface area contributed by atoms with E-state index >= 15 is 0 Å². The van der Waals surface area contributed by atoms with Crippen molar-refractivity contribution in [2.45, 2.75) is 32.6 Å². The number of nitrogens with zero attached hydrogens (tertiary/aromatic N) is 2. The lowest BCUT2D eigenvalue weighted by Crippen LogP contribution is -2.13. The molecule has 0 bridgehead atoms. The number of aromatic nitrogens is 2. The number of aliphatic carboxylic acids is 1. The lowest BCUT2D eigenvalue weighted by Gasteiger charge is -2.18. The normalized spacial score (nSPS) is 17.3. The van der Waals surface area contributed by atoms with E-state index in [1.54, 1.807) is 11.3 Å². The molecular formula is C18H18N2O2S. The largest absolute Gasteiger partial charge is 0.481 e. The van der Waals surface area contributed by atoms with Crippen LogP contribution in [0.1, 0.15) is 29.6 Å². The van der Waals surface area contributed by atoms with Crippen LogP contribution in [0.2, 0.25) is 0 Å². The Balaban J connectivity index is 1.94. The number of hydrogen-bond acceptors (Lipinski definition) is 3. The number of carbonyl (C=O) groups is 1. The molecular weight excluding hydrogens is 308 g/mol. The number of aryl methyl sites for hydroxylation is 1. The van der Waals surface area contributed by atoms with Gasteiger partial charge in [-0.25, -0.2) is 4.98 Å². The standard InChI is InChI=1S/C18H18N2O2S/c1-11-7-8-13-15(9-11)23-18-19-17(12-5-3-2-4-6-12)14(20(13)18)10-16(21)22/h2-6,11H,7-10H2,1H3,(H,21,22). The third-order valence-corrected chi connectivity index (χ3v) is 5.63. The van der Waals surface area contributed by atoms with E-state index in [4.69, 9.17) is 4.98 Å². The molecule has 0 aliphatic heterocycles. The third-order valence-electron chi connectivity index (χ3n) is 4.52. The summed E-state index contributed by atoms with van der Waals surface area (Å²) in [6, 6.07) is 9.87. The summed E-state index contributed by atoms with van der Waals surface area (Å²) in [5.41, 5.74) is 3.87. The highest BCUT2D eigenvalue weighted by Crippen LogP contribution is 2.36. The van der Waals surface area contributed by atoms with E-state index < -0.39 is 5.97 Å². The Bertz CT molecular complexity index is 879. The highest BCUT2D eigenvalue weighted by atomic mass is 32.1. The number of carboxylic acid groups (broad SMARTS) is 1. The zero-order valence-electron chi connectivity index (χ0n) is 13.0. The summed E-state index contributed by atoms with van der Waals surface area (Å²) in [5.74, 6) is -0.115. The van der Waals surface area contributed by atoms with E-state index in [0.717, 1.165) is 41.2 Å². The van der Waals surface area contributed by atoms with Crippen molar-refractivity contribution in [2.75, 3.05) is 0 Å². The molecule has 4 nitrogen and oxygen atoms in total. The highest BCUT2D eigenvalue weighted by molar-refractivity contribution is 7.17. The molecule has 0 radical (unpaired) electrons. The van der Waals surface area contributed by atoms with Crippen molar-refractivity contribution in [1.82, 2.24) is 9.38 Å². The lowest BCUT2D eigenvalue weighted by atomic mass is 9.93. The molecule has 0 fully saturated rings. The minimum Gasteiger partial charge on any atom is -0.481 e. The van der Waals surface area contributed by atoms with Crippen LogP contribution in [0.3, 0.4) is 0 Å². The third kappa shape index (κ3) is 2.45. The minimum atomic E-state index is -0.812. The number of benzene rings is 1. The summed E-state index contributed by atoms with van der Waals surface area (Å²) in [5, 5.41) is 9.36. The number of thiazole rings is 1. The number of carboxylic acids is 1. The molecule has 23 heavy (non-hydrogen) atoms. The fourth-order valence-corrected chi connectivity index (χ4v) is 4.77. The molecule has 1 atom stereocenters. The average Bonchev–Trinajstić information content (AvgIpc) is 3.04. The Morgan fingerprint density at radius 2 is 2.17 bits per heavy atom. The number of fused-ring (bicyclic) bond motifs is 3. The van der Waals surface area contributed by atoms with Gasteiger partial charge in [-0.1, -0.05) is 37.3 Å². The first-order valence-electron chi connectivity index (χ1n) is 7.92. The highest BCUT2D eigenvalue weighted by Gasteiger charge is 2.26. The summed E-state index contributed by atoms with van der Waals surface area (Å²) >= 11 is 1.72. The Labute approximate surface area is 138 Å². The first kappa shape index (κ1) is 14.5. The Hall–Kier alpha value is -2.14. The summed E-state index contributed by atoms with van der Waals surface area (Å²) in [4.78, 5) is 18.5. The van der Waals surface area contributed by atoms with Crippen molar-refractivity contribution >= 4 is 22.3 Å². The van der Waals surface area contributed by atoms with Gasteiger partial charge in [0, 0.05) is 16.1 Å². The van der Waals surface area contributed by atoms with Gasteiger partial charge in [-0.3, -0.25) is 9.20 Å². The Morgan fingerprint density at radius 1 is 1.39 bits per heavy atom. The molecule has 5 heteroatoms. The zero-order chi connectivity index (χ0) is 16.0. The van der Waals surface area contributed by atoms with Gasteiger partial charge in [-0.05, 0) is 25.2 Å². The van der Waals surface area contributed by atoms with E-state index in [1.165, 1.54) is 10.6 Å². The van der Waals surface area contributed by atoms with E-state index in [0.29, 0.717) is 5.92 Å². The topological polar surface area (TPSA) is 54.6 Å². The lowest BCUT2D eigenvalue weighted by molar-refractivity contribution is -0.136. The first-order chi connectivity index (χ1) is 11.1. The maximum absolute atomic E-state index is 11.4. The monoisotopic (exact) mass is 326 g/mol.